The SMILES string of the molecule is C=C(CC)Cc1ccc(-c2ccc(O)c3c2C[C@@H]2C[C@@H]4C(N(C)C)C(O)C(C(N)=O)C(=O)[C@]4(O)C(=O)C2=C3O)cc1. The van der Waals surface area contributed by atoms with Gasteiger partial charge < -0.3 is 31.1 Å². The Morgan fingerprint density at radius 2 is 1.78 bits per heavy atom. The molecule has 2 fully saturated rings. The van der Waals surface area contributed by atoms with E-state index in [1.807, 2.05) is 24.3 Å². The Bertz CT molecular complexity index is 1490. The number of amides is 1. The molecule has 0 aromatic heterocycles. The number of carbonyl (C=O) groups is 3. The highest BCUT2D eigenvalue weighted by Crippen LogP contribution is 2.53. The minimum Gasteiger partial charge on any atom is -0.507 e. The molecule has 2 saturated carbocycles. The van der Waals surface area contributed by atoms with Crippen molar-refractivity contribution in [1.29, 1.82) is 0 Å². The molecular formula is C32H36N2O7. The first-order valence-corrected chi connectivity index (χ1v) is 13.8. The number of nitrogens with zero attached hydrogens (tertiary/aromatic N) is 1. The average Bonchev–Trinajstić information content (AvgIpc) is 2.91. The first-order valence-electron chi connectivity index (χ1n) is 13.8. The molecule has 0 radical (unpaired) electrons. The molecule has 6 atom stereocenters. The number of hydrogen-bond donors (Lipinski definition) is 5. The third-order valence-corrected chi connectivity index (χ3v) is 9.19. The minimum absolute atomic E-state index is 0.0748. The van der Waals surface area contributed by atoms with Crippen LogP contribution in [0.1, 0.15) is 36.5 Å². The van der Waals surface area contributed by atoms with Gasteiger partial charge in [0, 0.05) is 17.5 Å². The number of ketones is 2. The summed E-state index contributed by atoms with van der Waals surface area (Å²) in [6.45, 7) is 6.13. The van der Waals surface area contributed by atoms with Crippen molar-refractivity contribution >= 4 is 23.2 Å². The van der Waals surface area contributed by atoms with E-state index in [0.717, 1.165) is 35.1 Å². The summed E-state index contributed by atoms with van der Waals surface area (Å²) in [5, 5.41) is 45.0. The summed E-state index contributed by atoms with van der Waals surface area (Å²) in [6.07, 6.45) is 0.447. The van der Waals surface area contributed by atoms with Gasteiger partial charge in [0.15, 0.2) is 11.4 Å². The van der Waals surface area contributed by atoms with E-state index in [1.54, 1.807) is 25.1 Å². The van der Waals surface area contributed by atoms with Crippen molar-refractivity contribution in [2.75, 3.05) is 14.1 Å². The number of phenols is 1. The smallest absolute Gasteiger partial charge is 0.230 e. The number of aliphatic hydroxyl groups excluding tert-OH is 2. The third-order valence-electron chi connectivity index (χ3n) is 9.19. The molecule has 1 amide bonds. The number of hydrogen-bond acceptors (Lipinski definition) is 8. The molecule has 6 N–H and O–H groups in total. The highest BCUT2D eigenvalue weighted by Gasteiger charge is 2.67. The second-order valence-electron chi connectivity index (χ2n) is 11.8. The first kappa shape index (κ1) is 28.7. The topological polar surface area (TPSA) is 161 Å². The van der Waals surface area contributed by atoms with Crippen LogP contribution in [0.3, 0.4) is 0 Å². The quantitative estimate of drug-likeness (QED) is 0.266. The number of benzene rings is 2. The lowest BCUT2D eigenvalue weighted by atomic mass is 9.54. The zero-order valence-electron chi connectivity index (χ0n) is 23.4. The number of primary amides is 1. The number of allylic oxidation sites excluding steroid dienone is 1. The van der Waals surface area contributed by atoms with Gasteiger partial charge in [-0.05, 0) is 74.0 Å². The lowest BCUT2D eigenvalue weighted by molar-refractivity contribution is -0.184. The van der Waals surface area contributed by atoms with E-state index < -0.39 is 58.7 Å². The normalized spacial score (nSPS) is 29.2. The van der Waals surface area contributed by atoms with Gasteiger partial charge in [0.2, 0.25) is 11.7 Å². The molecule has 216 valence electrons. The average molecular weight is 561 g/mol. The molecule has 0 heterocycles. The maximum Gasteiger partial charge on any atom is 0.230 e. The highest BCUT2D eigenvalue weighted by atomic mass is 16.3. The van der Waals surface area contributed by atoms with Crippen molar-refractivity contribution in [3.05, 3.63) is 70.8 Å². The van der Waals surface area contributed by atoms with Gasteiger partial charge in [-0.15, -0.1) is 0 Å². The van der Waals surface area contributed by atoms with Crippen LogP contribution in [-0.2, 0) is 27.2 Å². The van der Waals surface area contributed by atoms with Crippen LogP contribution in [0.2, 0.25) is 0 Å². The molecule has 9 heteroatoms. The van der Waals surface area contributed by atoms with Crippen LogP contribution in [0.15, 0.2) is 54.1 Å². The first-order chi connectivity index (χ1) is 19.3. The lowest BCUT2D eigenvalue weighted by Crippen LogP contribution is -2.73. The van der Waals surface area contributed by atoms with E-state index in [0.29, 0.717) is 5.56 Å². The number of carbonyl (C=O) groups excluding carboxylic acids is 3. The van der Waals surface area contributed by atoms with Crippen LogP contribution in [0.4, 0.5) is 0 Å². The van der Waals surface area contributed by atoms with Gasteiger partial charge in [0.1, 0.15) is 17.4 Å². The molecule has 0 spiro atoms. The zero-order valence-corrected chi connectivity index (χ0v) is 23.4. The monoisotopic (exact) mass is 560 g/mol. The maximum absolute atomic E-state index is 14.0. The van der Waals surface area contributed by atoms with Crippen molar-refractivity contribution in [2.24, 2.45) is 23.5 Å². The maximum atomic E-state index is 14.0. The van der Waals surface area contributed by atoms with E-state index in [-0.39, 0.29) is 29.7 Å². The summed E-state index contributed by atoms with van der Waals surface area (Å²) in [7, 11) is 3.25. The third kappa shape index (κ3) is 4.31. The second kappa shape index (κ2) is 10.2. The van der Waals surface area contributed by atoms with Crippen LogP contribution in [0.5, 0.6) is 5.75 Å². The fraction of sp³-hybridized carbons (Fsp3) is 0.406. The molecule has 5 rings (SSSR count). The van der Waals surface area contributed by atoms with Crippen LogP contribution < -0.4 is 5.73 Å². The van der Waals surface area contributed by atoms with Crippen molar-refractivity contribution in [3.8, 4) is 16.9 Å². The Hall–Kier alpha value is -3.79. The molecule has 9 nitrogen and oxygen atoms in total. The van der Waals surface area contributed by atoms with Crippen LogP contribution in [-0.4, -0.2) is 74.6 Å². The molecule has 2 aromatic rings. The Labute approximate surface area is 238 Å². The summed E-state index contributed by atoms with van der Waals surface area (Å²) in [5.41, 5.74) is 7.18. The summed E-state index contributed by atoms with van der Waals surface area (Å²) in [6, 6.07) is 10.2. The number of likely N-dealkylation sites (N-methyl/N-ethyl adjacent to an activating group) is 1. The Balaban J connectivity index is 1.63. The number of phenolic OH excluding ortho intramolecular Hbond substituents is 1. The molecule has 3 aliphatic carbocycles. The predicted octanol–water partition coefficient (Wildman–Crippen LogP) is 2.30. The number of aliphatic hydroxyl groups is 3. The van der Waals surface area contributed by atoms with Gasteiger partial charge in [0.05, 0.1) is 11.7 Å². The van der Waals surface area contributed by atoms with E-state index in [9.17, 15) is 34.8 Å². The van der Waals surface area contributed by atoms with Gasteiger partial charge in [-0.2, -0.15) is 0 Å². The van der Waals surface area contributed by atoms with Crippen molar-refractivity contribution in [2.45, 2.75) is 50.4 Å². The van der Waals surface area contributed by atoms with Crippen molar-refractivity contribution in [3.63, 3.8) is 0 Å². The van der Waals surface area contributed by atoms with E-state index in [4.69, 9.17) is 5.73 Å². The van der Waals surface area contributed by atoms with E-state index in [2.05, 4.69) is 13.5 Å². The van der Waals surface area contributed by atoms with Gasteiger partial charge in [-0.25, -0.2) is 0 Å². The van der Waals surface area contributed by atoms with Gasteiger partial charge in [0.25, 0.3) is 0 Å². The van der Waals surface area contributed by atoms with E-state index in [1.165, 1.54) is 6.07 Å². The van der Waals surface area contributed by atoms with Gasteiger partial charge in [-0.1, -0.05) is 49.4 Å². The van der Waals surface area contributed by atoms with Crippen molar-refractivity contribution < 1.29 is 34.8 Å². The van der Waals surface area contributed by atoms with Gasteiger partial charge >= 0.3 is 0 Å². The van der Waals surface area contributed by atoms with Crippen molar-refractivity contribution in [1.82, 2.24) is 4.90 Å². The van der Waals surface area contributed by atoms with E-state index >= 15 is 0 Å². The summed E-state index contributed by atoms with van der Waals surface area (Å²) >= 11 is 0. The molecule has 0 bridgehead atoms. The second-order valence-corrected chi connectivity index (χ2v) is 11.8. The predicted molar refractivity (Wildman–Crippen MR) is 153 cm³/mol. The molecule has 2 aromatic carbocycles. The van der Waals surface area contributed by atoms with Crippen LogP contribution in [0, 0.1) is 17.8 Å². The lowest BCUT2D eigenvalue weighted by Gasteiger charge is -2.53. The van der Waals surface area contributed by atoms with Crippen LogP contribution in [0.25, 0.3) is 16.9 Å². The molecule has 41 heavy (non-hydrogen) atoms. The number of rotatable bonds is 6. The van der Waals surface area contributed by atoms with Crippen LogP contribution >= 0.6 is 0 Å². The largest absolute Gasteiger partial charge is 0.507 e. The fourth-order valence-electron chi connectivity index (χ4n) is 7.09. The fourth-order valence-corrected chi connectivity index (χ4v) is 7.09. The Morgan fingerprint density at radius 1 is 1.12 bits per heavy atom. The Kier molecular flexibility index (Phi) is 7.18. The number of nitrogens with two attached hydrogens (primary N) is 1. The highest BCUT2D eigenvalue weighted by molar-refractivity contribution is 6.25. The standard InChI is InChI=1S/C32H36N2O7/c1-5-15(2)12-16-6-8-17(9-7-16)19-10-11-22(35)24-20(19)13-18-14-21-26(34(3)4)28(37)25(31(33)40)30(39)32(21,41)29(38)23(18)27(24)36/h6-11,18,21,25-26,28,35-37,41H,2,5,12-14H2,1,3-4H3,(H2,33,40)/t18-,21-,25?,26?,28?,32-/m1/s1. The molecule has 3 unspecified atom stereocenters. The van der Waals surface area contributed by atoms with Gasteiger partial charge in [-0.3, -0.25) is 14.4 Å². The molecule has 3 aliphatic rings. The molecular weight excluding hydrogens is 524 g/mol. The summed E-state index contributed by atoms with van der Waals surface area (Å²) < 4.78 is 0. The Morgan fingerprint density at radius 3 is 2.37 bits per heavy atom. The number of fused-ring (bicyclic) bond motifs is 3. The zero-order chi connectivity index (χ0) is 30.0. The number of Topliss-reactive ketones (excluding diaryl/α,β-unsaturated/α-hetero) is 2. The summed E-state index contributed by atoms with van der Waals surface area (Å²) in [4.78, 5) is 41.2. The number of aromatic hydroxyl groups is 1. The minimum atomic E-state index is -2.67. The summed E-state index contributed by atoms with van der Waals surface area (Å²) in [5.74, 6) is -7.54. The molecule has 0 saturated heterocycles. The molecule has 0 aliphatic heterocycles.